The van der Waals surface area contributed by atoms with Crippen LogP contribution in [-0.2, 0) is 0 Å². The quantitative estimate of drug-likeness (QED) is 0.285. The van der Waals surface area contributed by atoms with E-state index in [-0.39, 0.29) is 5.54 Å². The lowest BCUT2D eigenvalue weighted by atomic mass is 9.32. The predicted molar refractivity (Wildman–Crippen MR) is 189 cm³/mol. The normalized spacial score (nSPS) is 61.2. The van der Waals surface area contributed by atoms with E-state index in [0.717, 1.165) is 10.8 Å². The molecule has 0 radical (unpaired) electrons. The summed E-state index contributed by atoms with van der Waals surface area (Å²) in [6.45, 7) is 2.58. The van der Waals surface area contributed by atoms with Gasteiger partial charge in [0.15, 0.2) is 0 Å². The molecule has 46 heavy (non-hydrogen) atoms. The fraction of sp³-hybridized carbons (Fsp3) is 1.00. The summed E-state index contributed by atoms with van der Waals surface area (Å²) >= 11 is 0. The Bertz CT molecular complexity index is 1270. The third-order valence-electron chi connectivity index (χ3n) is 23.0. The second-order valence-electron chi connectivity index (χ2n) is 21.8. The first-order chi connectivity index (χ1) is 22.3. The zero-order chi connectivity index (χ0) is 30.8. The van der Waals surface area contributed by atoms with Crippen molar-refractivity contribution < 1.29 is 0 Å². The monoisotopic (exact) mass is 626 g/mol. The van der Waals surface area contributed by atoms with Gasteiger partial charge in [0.05, 0.1) is 0 Å². The van der Waals surface area contributed by atoms with Crippen LogP contribution in [0.2, 0.25) is 0 Å². The van der Waals surface area contributed by atoms with E-state index in [2.05, 4.69) is 6.92 Å². The van der Waals surface area contributed by atoms with Crippen LogP contribution in [0.4, 0.5) is 0 Å². The zero-order valence-electron chi connectivity index (χ0n) is 30.4. The Labute approximate surface area is 283 Å². The minimum atomic E-state index is 0.0731. The van der Waals surface area contributed by atoms with E-state index >= 15 is 0 Å². The zero-order valence-corrected chi connectivity index (χ0v) is 30.4. The largest absolute Gasteiger partial charge is 0.325 e. The predicted octanol–water partition coefficient (Wildman–Crippen LogP) is 12.6. The molecular formula is C45H71N. The van der Waals surface area contributed by atoms with E-state index in [1.165, 1.54) is 32.1 Å². The maximum atomic E-state index is 7.65. The molecule has 1 heteroatoms. The first kappa shape index (κ1) is 29.7. The SMILES string of the molecule is CC1(N)CCCC12CCCC21CCCC12CCCC21CCCC12CCCC21CCCC12CCCC21CCCC12CCCC21CCC1. The molecule has 11 fully saturated rings. The smallest absolute Gasteiger partial charge is 0.0188 e. The summed E-state index contributed by atoms with van der Waals surface area (Å²) in [5.74, 6) is 0. The van der Waals surface area contributed by atoms with Crippen LogP contribution in [0.3, 0.4) is 0 Å². The lowest BCUT2D eigenvalue weighted by molar-refractivity contribution is -0.242. The molecule has 11 rings (SSSR count). The Morgan fingerprint density at radius 1 is 0.239 bits per heavy atom. The van der Waals surface area contributed by atoms with Crippen LogP contribution in [0.5, 0.6) is 0 Å². The number of rotatable bonds is 0. The highest BCUT2D eigenvalue weighted by atomic mass is 14.9. The van der Waals surface area contributed by atoms with Crippen molar-refractivity contribution in [2.75, 3.05) is 0 Å². The van der Waals surface area contributed by atoms with E-state index in [1.54, 1.807) is 180 Å². The lowest BCUT2D eigenvalue weighted by Gasteiger charge is -2.72. The van der Waals surface area contributed by atoms with Crippen molar-refractivity contribution in [2.45, 2.75) is 224 Å². The average Bonchev–Trinajstić information content (AvgIpc) is 3.85. The van der Waals surface area contributed by atoms with Gasteiger partial charge in [-0.25, -0.2) is 0 Å². The summed E-state index contributed by atoms with van der Waals surface area (Å²) in [5, 5.41) is 0. The molecule has 0 aromatic carbocycles. The van der Waals surface area contributed by atoms with Gasteiger partial charge in [0.25, 0.3) is 0 Å². The van der Waals surface area contributed by atoms with Gasteiger partial charge in [-0.05, 0) is 202 Å². The van der Waals surface area contributed by atoms with Crippen LogP contribution in [0, 0.1) is 54.1 Å². The van der Waals surface area contributed by atoms with Crippen molar-refractivity contribution in [1.29, 1.82) is 0 Å². The van der Waals surface area contributed by atoms with Gasteiger partial charge in [0.1, 0.15) is 0 Å². The van der Waals surface area contributed by atoms with E-state index in [9.17, 15) is 0 Å². The van der Waals surface area contributed by atoms with Crippen LogP contribution >= 0.6 is 0 Å². The molecule has 0 saturated heterocycles. The molecular weight excluding hydrogens is 555 g/mol. The Hall–Kier alpha value is -0.0400. The highest BCUT2D eigenvalue weighted by molar-refractivity contribution is 5.36. The van der Waals surface area contributed by atoms with Crippen LogP contribution in [-0.4, -0.2) is 5.54 Å². The molecule has 10 unspecified atom stereocenters. The highest BCUT2D eigenvalue weighted by Crippen LogP contribution is 2.95. The maximum Gasteiger partial charge on any atom is 0.0188 e. The molecule has 0 amide bonds. The molecule has 11 aliphatic rings. The Morgan fingerprint density at radius 2 is 0.435 bits per heavy atom. The van der Waals surface area contributed by atoms with Crippen molar-refractivity contribution in [2.24, 2.45) is 59.9 Å². The van der Waals surface area contributed by atoms with E-state index in [0.29, 0.717) is 43.3 Å². The summed E-state index contributed by atoms with van der Waals surface area (Å²) in [4.78, 5) is 0. The lowest BCUT2D eigenvalue weighted by Crippen LogP contribution is -2.67. The molecule has 256 valence electrons. The molecule has 0 aliphatic heterocycles. The molecule has 10 spiro atoms. The fourth-order valence-electron chi connectivity index (χ4n) is 23.0. The van der Waals surface area contributed by atoms with Gasteiger partial charge < -0.3 is 5.73 Å². The van der Waals surface area contributed by atoms with E-state index in [4.69, 9.17) is 5.73 Å². The van der Waals surface area contributed by atoms with Gasteiger partial charge in [0, 0.05) is 5.54 Å². The van der Waals surface area contributed by atoms with Gasteiger partial charge in [-0.15, -0.1) is 0 Å². The minimum Gasteiger partial charge on any atom is -0.325 e. The molecule has 10 atom stereocenters. The minimum absolute atomic E-state index is 0.0731. The number of hydrogen-bond donors (Lipinski definition) is 1. The number of hydrogen-bond acceptors (Lipinski definition) is 1. The second-order valence-corrected chi connectivity index (χ2v) is 21.8. The Morgan fingerprint density at radius 3 is 0.717 bits per heavy atom. The van der Waals surface area contributed by atoms with Crippen LogP contribution in [0.15, 0.2) is 0 Å². The van der Waals surface area contributed by atoms with Gasteiger partial charge in [-0.1, -0.05) is 70.6 Å². The first-order valence-electron chi connectivity index (χ1n) is 22.1. The van der Waals surface area contributed by atoms with Crippen molar-refractivity contribution in [3.63, 3.8) is 0 Å². The topological polar surface area (TPSA) is 26.0 Å². The van der Waals surface area contributed by atoms with Crippen molar-refractivity contribution in [3.05, 3.63) is 0 Å². The third-order valence-corrected chi connectivity index (χ3v) is 23.0. The third kappa shape index (κ3) is 2.56. The molecule has 11 saturated carbocycles. The first-order valence-corrected chi connectivity index (χ1v) is 22.1. The molecule has 1 nitrogen and oxygen atoms in total. The fourth-order valence-corrected chi connectivity index (χ4v) is 23.0. The van der Waals surface area contributed by atoms with Crippen molar-refractivity contribution >= 4 is 0 Å². The Balaban J connectivity index is 1.12. The molecule has 2 N–H and O–H groups in total. The van der Waals surface area contributed by atoms with Crippen molar-refractivity contribution in [1.82, 2.24) is 0 Å². The van der Waals surface area contributed by atoms with Crippen LogP contribution in [0.25, 0.3) is 0 Å². The maximum absolute atomic E-state index is 7.65. The van der Waals surface area contributed by atoms with Gasteiger partial charge >= 0.3 is 0 Å². The molecule has 0 aromatic heterocycles. The van der Waals surface area contributed by atoms with Crippen molar-refractivity contribution in [3.8, 4) is 0 Å². The highest BCUT2D eigenvalue weighted by Gasteiger charge is 2.87. The van der Waals surface area contributed by atoms with E-state index < -0.39 is 0 Å². The summed E-state index contributed by atoms with van der Waals surface area (Å²) in [6.07, 6.45) is 52.4. The average molecular weight is 626 g/mol. The van der Waals surface area contributed by atoms with Gasteiger partial charge in [0.2, 0.25) is 0 Å². The van der Waals surface area contributed by atoms with Crippen LogP contribution in [0.1, 0.15) is 219 Å². The molecule has 0 aromatic rings. The molecule has 0 heterocycles. The summed E-state index contributed by atoms with van der Waals surface area (Å²) in [7, 11) is 0. The standard InChI is InChI=1S/C45H71N/c1-35(46)13-2-17-37(35)18-5-21-39(37)22-7-25-41(39)26-9-29-43(41)30-11-33-45(43)34-12-32-44(45)31-10-28-42(44)27-8-24-40(42)23-6-20-38(40)19-4-16-36(38)14-3-15-36/h2-34,46H2,1H3. The number of nitrogens with two attached hydrogens (primary N) is 1. The van der Waals surface area contributed by atoms with Gasteiger partial charge in [-0.2, -0.15) is 0 Å². The molecule has 11 aliphatic carbocycles. The second kappa shape index (κ2) is 8.87. The molecule has 0 bridgehead atoms. The van der Waals surface area contributed by atoms with Crippen LogP contribution < -0.4 is 5.73 Å². The summed E-state index contributed by atoms with van der Waals surface area (Å²) < 4.78 is 0. The van der Waals surface area contributed by atoms with Gasteiger partial charge in [-0.3, -0.25) is 0 Å². The number of fused-ring (bicyclic) bond motifs is 9. The summed E-state index contributed by atoms with van der Waals surface area (Å²) in [6, 6.07) is 0. The summed E-state index contributed by atoms with van der Waals surface area (Å²) in [5.41, 5.74) is 14.2. The Kier molecular flexibility index (Phi) is 5.72. The van der Waals surface area contributed by atoms with E-state index in [1.807, 2.05) is 0 Å².